The number of aryl methyl sites for hydroxylation is 2. The zero-order chi connectivity index (χ0) is 29.2. The first-order chi connectivity index (χ1) is 19.8. The Morgan fingerprint density at radius 2 is 1.37 bits per heavy atom. The van der Waals surface area contributed by atoms with Crippen LogP contribution in [0.15, 0.2) is 97.1 Å². The van der Waals surface area contributed by atoms with Crippen LogP contribution in [0.3, 0.4) is 0 Å². The van der Waals surface area contributed by atoms with Gasteiger partial charge < -0.3 is 19.5 Å². The van der Waals surface area contributed by atoms with E-state index in [1.165, 1.54) is 6.92 Å². The Bertz CT molecular complexity index is 1460. The molecule has 41 heavy (non-hydrogen) atoms. The number of anilines is 1. The predicted octanol–water partition coefficient (Wildman–Crippen LogP) is 7.21. The number of hydrogen-bond acceptors (Lipinski definition) is 6. The molecule has 4 aromatic carbocycles. The fourth-order valence-electron chi connectivity index (χ4n) is 4.12. The van der Waals surface area contributed by atoms with Crippen LogP contribution >= 0.6 is 0 Å². The number of esters is 1. The molecule has 0 bridgehead atoms. The maximum Gasteiger partial charge on any atom is 0.307 e. The van der Waals surface area contributed by atoms with E-state index in [1.807, 2.05) is 62.4 Å². The summed E-state index contributed by atoms with van der Waals surface area (Å²) in [4.78, 5) is 37.4. The van der Waals surface area contributed by atoms with Gasteiger partial charge in [0.1, 0.15) is 23.9 Å². The number of Topliss-reactive ketones (excluding diaryl/α,β-unsaturated/α-hetero) is 1. The van der Waals surface area contributed by atoms with Crippen molar-refractivity contribution in [2.75, 3.05) is 5.32 Å². The van der Waals surface area contributed by atoms with Crippen LogP contribution in [0.5, 0.6) is 17.2 Å². The quantitative estimate of drug-likeness (QED) is 0.148. The van der Waals surface area contributed by atoms with E-state index in [-0.39, 0.29) is 24.5 Å². The molecule has 0 spiro atoms. The molecule has 7 nitrogen and oxygen atoms in total. The van der Waals surface area contributed by atoms with Gasteiger partial charge >= 0.3 is 5.97 Å². The van der Waals surface area contributed by atoms with E-state index in [1.54, 1.807) is 48.5 Å². The van der Waals surface area contributed by atoms with Crippen LogP contribution in [-0.4, -0.2) is 23.8 Å². The number of carbonyl (C=O) groups is 3. The average molecular weight is 552 g/mol. The van der Waals surface area contributed by atoms with Gasteiger partial charge in [-0.1, -0.05) is 48.5 Å². The van der Waals surface area contributed by atoms with Crippen molar-refractivity contribution < 1.29 is 28.6 Å². The van der Waals surface area contributed by atoms with E-state index in [0.29, 0.717) is 29.4 Å². The first kappa shape index (κ1) is 29.1. The SMILES string of the molecule is Cc1cccc(C)c1Oc1ccc(NC(=O)CCC(=O)OC(C)C(=O)c2ccc(OCc3ccccc3)cc2)cc1. The zero-order valence-electron chi connectivity index (χ0n) is 23.4. The lowest BCUT2D eigenvalue weighted by Crippen LogP contribution is -2.25. The smallest absolute Gasteiger partial charge is 0.307 e. The lowest BCUT2D eigenvalue weighted by atomic mass is 10.1. The Hall–Kier alpha value is -4.91. The molecule has 0 saturated heterocycles. The van der Waals surface area contributed by atoms with Crippen molar-refractivity contribution in [1.82, 2.24) is 0 Å². The normalized spacial score (nSPS) is 11.3. The number of rotatable bonds is 12. The van der Waals surface area contributed by atoms with Gasteiger partial charge in [-0.25, -0.2) is 0 Å². The molecule has 210 valence electrons. The molecule has 1 amide bonds. The molecule has 0 fully saturated rings. The van der Waals surface area contributed by atoms with Crippen molar-refractivity contribution in [2.45, 2.75) is 46.3 Å². The number of nitrogens with one attached hydrogen (secondary N) is 1. The topological polar surface area (TPSA) is 90.9 Å². The lowest BCUT2D eigenvalue weighted by Gasteiger charge is -2.13. The number of carbonyl (C=O) groups excluding carboxylic acids is 3. The predicted molar refractivity (Wildman–Crippen MR) is 157 cm³/mol. The van der Waals surface area contributed by atoms with Crippen LogP contribution in [-0.2, 0) is 20.9 Å². The van der Waals surface area contributed by atoms with Crippen molar-refractivity contribution in [2.24, 2.45) is 0 Å². The summed E-state index contributed by atoms with van der Waals surface area (Å²) < 4.78 is 17.0. The largest absolute Gasteiger partial charge is 0.489 e. The molecule has 0 aliphatic rings. The van der Waals surface area contributed by atoms with Gasteiger partial charge in [-0.15, -0.1) is 0 Å². The van der Waals surface area contributed by atoms with Gasteiger partial charge in [-0.3, -0.25) is 14.4 Å². The fourth-order valence-corrected chi connectivity index (χ4v) is 4.12. The van der Waals surface area contributed by atoms with Gasteiger partial charge in [0.05, 0.1) is 6.42 Å². The first-order valence-corrected chi connectivity index (χ1v) is 13.4. The molecular weight excluding hydrogens is 518 g/mol. The van der Waals surface area contributed by atoms with Crippen molar-refractivity contribution in [3.05, 3.63) is 119 Å². The monoisotopic (exact) mass is 551 g/mol. The Labute approximate surface area is 240 Å². The zero-order valence-corrected chi connectivity index (χ0v) is 23.4. The summed E-state index contributed by atoms with van der Waals surface area (Å²) >= 11 is 0. The van der Waals surface area contributed by atoms with E-state index >= 15 is 0 Å². The Morgan fingerprint density at radius 3 is 2.02 bits per heavy atom. The number of amides is 1. The second kappa shape index (κ2) is 13.9. The summed E-state index contributed by atoms with van der Waals surface area (Å²) in [6.07, 6.45) is -1.21. The van der Waals surface area contributed by atoms with E-state index in [4.69, 9.17) is 14.2 Å². The molecule has 0 aromatic heterocycles. The summed E-state index contributed by atoms with van der Waals surface area (Å²) in [5, 5.41) is 2.76. The standard InChI is InChI=1S/C34H33NO6/c1-23-8-7-9-24(2)34(23)41-30-18-14-28(15-19-30)35-31(36)20-21-32(37)40-25(3)33(38)27-12-16-29(17-13-27)39-22-26-10-5-4-6-11-26/h4-19,25H,20-22H2,1-3H3,(H,35,36). The van der Waals surface area contributed by atoms with Crippen LogP contribution in [0.1, 0.15) is 46.8 Å². The highest BCUT2D eigenvalue weighted by Crippen LogP contribution is 2.29. The van der Waals surface area contributed by atoms with Crippen LogP contribution in [0, 0.1) is 13.8 Å². The van der Waals surface area contributed by atoms with Gasteiger partial charge in [0.25, 0.3) is 0 Å². The van der Waals surface area contributed by atoms with Crippen molar-refractivity contribution in [3.8, 4) is 17.2 Å². The van der Waals surface area contributed by atoms with E-state index < -0.39 is 12.1 Å². The highest BCUT2D eigenvalue weighted by Gasteiger charge is 2.20. The molecule has 1 N–H and O–H groups in total. The maximum absolute atomic E-state index is 12.7. The molecule has 0 saturated carbocycles. The minimum atomic E-state index is -0.980. The Kier molecular flexibility index (Phi) is 9.89. The molecule has 7 heteroatoms. The Morgan fingerprint density at radius 1 is 0.732 bits per heavy atom. The van der Waals surface area contributed by atoms with Gasteiger partial charge in [-0.05, 0) is 86.0 Å². The van der Waals surface area contributed by atoms with Crippen molar-refractivity contribution >= 4 is 23.3 Å². The van der Waals surface area contributed by atoms with Crippen LogP contribution in [0.4, 0.5) is 5.69 Å². The minimum Gasteiger partial charge on any atom is -0.489 e. The molecule has 4 aromatic rings. The number of ketones is 1. The molecule has 4 rings (SSSR count). The molecule has 1 atom stereocenters. The summed E-state index contributed by atoms with van der Waals surface area (Å²) in [5.74, 6) is 0.791. The molecular formula is C34H33NO6. The maximum atomic E-state index is 12.7. The molecule has 0 radical (unpaired) electrons. The fraction of sp³-hybridized carbons (Fsp3) is 0.206. The van der Waals surface area contributed by atoms with Crippen LogP contribution in [0.2, 0.25) is 0 Å². The van der Waals surface area contributed by atoms with Crippen molar-refractivity contribution in [3.63, 3.8) is 0 Å². The summed E-state index contributed by atoms with van der Waals surface area (Å²) in [7, 11) is 0. The Balaban J connectivity index is 1.19. The van der Waals surface area contributed by atoms with Gasteiger partial charge in [0.2, 0.25) is 11.7 Å². The summed E-state index contributed by atoms with van der Waals surface area (Å²) in [6.45, 7) is 5.91. The number of para-hydroxylation sites is 1. The molecule has 0 aliphatic heterocycles. The average Bonchev–Trinajstić information content (AvgIpc) is 2.98. The second-order valence-electron chi connectivity index (χ2n) is 9.69. The highest BCUT2D eigenvalue weighted by atomic mass is 16.5. The van der Waals surface area contributed by atoms with E-state index in [2.05, 4.69) is 5.32 Å². The van der Waals surface area contributed by atoms with Gasteiger partial charge in [0.15, 0.2) is 6.10 Å². The van der Waals surface area contributed by atoms with E-state index in [9.17, 15) is 14.4 Å². The van der Waals surface area contributed by atoms with Crippen LogP contribution < -0.4 is 14.8 Å². The number of ether oxygens (including phenoxy) is 3. The van der Waals surface area contributed by atoms with Gasteiger partial charge in [0, 0.05) is 17.7 Å². The summed E-state index contributed by atoms with van der Waals surface area (Å²) in [5.41, 5.74) is 4.09. The molecule has 1 unspecified atom stereocenters. The minimum absolute atomic E-state index is 0.0755. The number of hydrogen-bond donors (Lipinski definition) is 1. The first-order valence-electron chi connectivity index (χ1n) is 13.4. The van der Waals surface area contributed by atoms with Crippen molar-refractivity contribution in [1.29, 1.82) is 0 Å². The third-order valence-electron chi connectivity index (χ3n) is 6.39. The molecule has 0 aliphatic carbocycles. The number of benzene rings is 4. The third kappa shape index (κ3) is 8.54. The second-order valence-corrected chi connectivity index (χ2v) is 9.69. The summed E-state index contributed by atoms with van der Waals surface area (Å²) in [6, 6.07) is 29.4. The third-order valence-corrected chi connectivity index (χ3v) is 6.39. The van der Waals surface area contributed by atoms with E-state index in [0.717, 1.165) is 22.4 Å². The lowest BCUT2D eigenvalue weighted by molar-refractivity contribution is -0.147. The highest BCUT2D eigenvalue weighted by molar-refractivity contribution is 6.00. The molecule has 0 heterocycles. The van der Waals surface area contributed by atoms with Crippen LogP contribution in [0.25, 0.3) is 0 Å². The van der Waals surface area contributed by atoms with Gasteiger partial charge in [-0.2, -0.15) is 0 Å².